The number of alkyl halides is 1. The highest BCUT2D eigenvalue weighted by molar-refractivity contribution is 9.10. The van der Waals surface area contributed by atoms with Gasteiger partial charge in [-0.25, -0.2) is 14.8 Å². The Morgan fingerprint density at radius 1 is 1.55 bits per heavy atom. The summed E-state index contributed by atoms with van der Waals surface area (Å²) < 4.78 is 2.79. The van der Waals surface area contributed by atoms with Gasteiger partial charge in [-0.1, -0.05) is 0 Å². The van der Waals surface area contributed by atoms with Crippen molar-refractivity contribution in [3.63, 3.8) is 0 Å². The lowest BCUT2D eigenvalue weighted by atomic mass is 10.4. The van der Waals surface area contributed by atoms with E-state index in [1.54, 1.807) is 20.3 Å². The van der Waals surface area contributed by atoms with Crippen LogP contribution in [-0.2, 0) is 12.4 Å². The third-order valence-corrected chi connectivity index (χ3v) is 3.44. The first-order chi connectivity index (χ1) is 9.52. The van der Waals surface area contributed by atoms with Gasteiger partial charge in [0.25, 0.3) is 0 Å². The molecule has 0 spiro atoms. The van der Waals surface area contributed by atoms with E-state index in [4.69, 9.17) is 11.6 Å². The third-order valence-electron chi connectivity index (χ3n) is 2.77. The summed E-state index contributed by atoms with van der Waals surface area (Å²) in [6.45, 7) is 1.07. The lowest BCUT2D eigenvalue weighted by Crippen LogP contribution is -2.36. The van der Waals surface area contributed by atoms with Gasteiger partial charge in [0.2, 0.25) is 0 Å². The molecule has 0 saturated heterocycles. The number of imidazole rings is 1. The van der Waals surface area contributed by atoms with Crippen molar-refractivity contribution in [3.8, 4) is 0 Å². The van der Waals surface area contributed by atoms with Crippen molar-refractivity contribution >= 4 is 44.7 Å². The highest BCUT2D eigenvalue weighted by Gasteiger charge is 2.12. The first kappa shape index (κ1) is 15.1. The molecule has 6 nitrogen and oxygen atoms in total. The number of amides is 2. The van der Waals surface area contributed by atoms with Crippen LogP contribution in [0.2, 0.25) is 0 Å². The van der Waals surface area contributed by atoms with Crippen LogP contribution < -0.4 is 5.32 Å². The molecule has 0 bridgehead atoms. The van der Waals surface area contributed by atoms with Crippen molar-refractivity contribution in [2.75, 3.05) is 20.6 Å². The number of fused-ring (bicyclic) bond motifs is 1. The Labute approximate surface area is 130 Å². The molecule has 2 heterocycles. The predicted octanol–water partition coefficient (Wildman–Crippen LogP) is 2.20. The second kappa shape index (κ2) is 6.41. The summed E-state index contributed by atoms with van der Waals surface area (Å²) in [6.07, 6.45) is 1.72. The molecule has 8 heteroatoms. The van der Waals surface area contributed by atoms with E-state index in [9.17, 15) is 4.79 Å². The van der Waals surface area contributed by atoms with E-state index in [1.807, 2.05) is 10.6 Å². The highest BCUT2D eigenvalue weighted by Crippen LogP contribution is 2.19. The molecular weight excluding hydrogens is 346 g/mol. The number of halogens is 2. The molecule has 1 N–H and O–H groups in total. The summed E-state index contributed by atoms with van der Waals surface area (Å²) >= 11 is 9.29. The number of nitrogens with zero attached hydrogens (tertiary/aromatic N) is 4. The van der Waals surface area contributed by atoms with E-state index in [2.05, 4.69) is 31.2 Å². The fourth-order valence-corrected chi connectivity index (χ4v) is 2.33. The third kappa shape index (κ3) is 3.21. The molecule has 2 aromatic rings. The second-order valence-electron chi connectivity index (χ2n) is 4.44. The molecule has 0 atom stereocenters. The van der Waals surface area contributed by atoms with Crippen molar-refractivity contribution in [3.05, 3.63) is 22.6 Å². The minimum atomic E-state index is -0.127. The minimum Gasteiger partial charge on any atom is -0.336 e. The molecule has 2 rings (SSSR count). The molecule has 0 aliphatic carbocycles. The van der Waals surface area contributed by atoms with Gasteiger partial charge in [0.1, 0.15) is 11.3 Å². The van der Waals surface area contributed by atoms with E-state index in [0.29, 0.717) is 19.0 Å². The molecule has 0 fully saturated rings. The molecule has 20 heavy (non-hydrogen) atoms. The number of urea groups is 1. The van der Waals surface area contributed by atoms with Gasteiger partial charge in [-0.2, -0.15) is 0 Å². The van der Waals surface area contributed by atoms with E-state index >= 15 is 0 Å². The van der Waals surface area contributed by atoms with Crippen LogP contribution in [-0.4, -0.2) is 46.1 Å². The average Bonchev–Trinajstić information content (AvgIpc) is 2.75. The van der Waals surface area contributed by atoms with Crippen LogP contribution in [0.5, 0.6) is 0 Å². The molecule has 0 saturated carbocycles. The average molecular weight is 361 g/mol. The quantitative estimate of drug-likeness (QED) is 0.850. The Hall–Kier alpha value is -1.34. The van der Waals surface area contributed by atoms with Crippen LogP contribution in [0.25, 0.3) is 11.2 Å². The van der Waals surface area contributed by atoms with Gasteiger partial charge < -0.3 is 14.8 Å². The van der Waals surface area contributed by atoms with Crippen molar-refractivity contribution < 1.29 is 4.79 Å². The number of hydrogen-bond acceptors (Lipinski definition) is 3. The summed E-state index contributed by atoms with van der Waals surface area (Å²) in [6, 6.07) is 1.77. The van der Waals surface area contributed by atoms with Gasteiger partial charge in [0.05, 0.1) is 5.88 Å². The maximum Gasteiger partial charge on any atom is 0.316 e. The monoisotopic (exact) mass is 359 g/mol. The van der Waals surface area contributed by atoms with Crippen molar-refractivity contribution in [1.82, 2.24) is 24.8 Å². The zero-order valence-electron chi connectivity index (χ0n) is 11.2. The maximum absolute atomic E-state index is 11.5. The Morgan fingerprint density at radius 3 is 2.95 bits per heavy atom. The van der Waals surface area contributed by atoms with E-state index in [0.717, 1.165) is 21.5 Å². The number of rotatable bonds is 4. The van der Waals surface area contributed by atoms with Crippen LogP contribution in [0, 0.1) is 0 Å². The summed E-state index contributed by atoms with van der Waals surface area (Å²) in [5.74, 6) is 1.04. The standard InChI is InChI=1S/C12H15BrClN5O/c1-18(2)12(20)15-3-4-19-10(6-14)17-9-5-8(13)7-16-11(9)19/h5,7H,3-4,6H2,1-2H3,(H,15,20). The lowest BCUT2D eigenvalue weighted by Gasteiger charge is -2.13. The number of nitrogens with one attached hydrogen (secondary N) is 1. The summed E-state index contributed by atoms with van der Waals surface area (Å²) in [7, 11) is 3.40. The number of carbonyl (C=O) groups excluding carboxylic acids is 1. The number of aromatic nitrogens is 3. The van der Waals surface area contributed by atoms with Gasteiger partial charge in [0.15, 0.2) is 5.65 Å². The molecule has 108 valence electrons. The zero-order chi connectivity index (χ0) is 14.7. The SMILES string of the molecule is CN(C)C(=O)NCCn1c(CCl)nc2cc(Br)cnc21. The molecule has 0 aliphatic heterocycles. The molecule has 2 amide bonds. The largest absolute Gasteiger partial charge is 0.336 e. The summed E-state index contributed by atoms with van der Waals surface area (Å²) in [4.78, 5) is 21.8. The van der Waals surface area contributed by atoms with Gasteiger partial charge >= 0.3 is 6.03 Å². The first-order valence-electron chi connectivity index (χ1n) is 6.04. The highest BCUT2D eigenvalue weighted by atomic mass is 79.9. The van der Waals surface area contributed by atoms with Crippen molar-refractivity contribution in [1.29, 1.82) is 0 Å². The first-order valence-corrected chi connectivity index (χ1v) is 7.37. The topological polar surface area (TPSA) is 63.1 Å². The fraction of sp³-hybridized carbons (Fsp3) is 0.417. The molecular formula is C12H15BrClN5O. The van der Waals surface area contributed by atoms with E-state index < -0.39 is 0 Å². The van der Waals surface area contributed by atoms with E-state index in [1.165, 1.54) is 4.90 Å². The predicted molar refractivity (Wildman–Crippen MR) is 81.9 cm³/mol. The van der Waals surface area contributed by atoms with Gasteiger partial charge in [-0.15, -0.1) is 11.6 Å². The van der Waals surface area contributed by atoms with E-state index in [-0.39, 0.29) is 6.03 Å². The molecule has 0 aromatic carbocycles. The molecule has 0 unspecified atom stereocenters. The number of carbonyl (C=O) groups is 1. The van der Waals surface area contributed by atoms with Crippen LogP contribution in [0.4, 0.5) is 4.79 Å². The fourth-order valence-electron chi connectivity index (χ4n) is 1.80. The lowest BCUT2D eigenvalue weighted by molar-refractivity contribution is 0.217. The second-order valence-corrected chi connectivity index (χ2v) is 5.62. The van der Waals surface area contributed by atoms with Crippen LogP contribution in [0.15, 0.2) is 16.7 Å². The van der Waals surface area contributed by atoms with Crippen LogP contribution >= 0.6 is 27.5 Å². The Bertz CT molecular complexity index is 628. The Morgan fingerprint density at radius 2 is 2.30 bits per heavy atom. The Kier molecular flexibility index (Phi) is 4.82. The molecule has 0 aliphatic rings. The number of pyridine rings is 1. The summed E-state index contributed by atoms with van der Waals surface area (Å²) in [5.41, 5.74) is 1.55. The molecule has 2 aromatic heterocycles. The van der Waals surface area contributed by atoms with Crippen LogP contribution in [0.1, 0.15) is 5.82 Å². The van der Waals surface area contributed by atoms with Gasteiger partial charge in [-0.05, 0) is 22.0 Å². The minimum absolute atomic E-state index is 0.127. The number of hydrogen-bond donors (Lipinski definition) is 1. The normalized spacial score (nSPS) is 10.8. The van der Waals surface area contributed by atoms with Crippen LogP contribution in [0.3, 0.4) is 0 Å². The summed E-state index contributed by atoms with van der Waals surface area (Å²) in [5, 5.41) is 2.81. The van der Waals surface area contributed by atoms with Gasteiger partial charge in [-0.3, -0.25) is 0 Å². The molecule has 0 radical (unpaired) electrons. The smallest absolute Gasteiger partial charge is 0.316 e. The maximum atomic E-state index is 11.5. The Balaban J connectivity index is 2.18. The van der Waals surface area contributed by atoms with Crippen molar-refractivity contribution in [2.45, 2.75) is 12.4 Å². The zero-order valence-corrected chi connectivity index (χ0v) is 13.6. The van der Waals surface area contributed by atoms with Crippen molar-refractivity contribution in [2.24, 2.45) is 0 Å². The van der Waals surface area contributed by atoms with Gasteiger partial charge in [0, 0.05) is 37.9 Å².